The Morgan fingerprint density at radius 2 is 1.31 bits per heavy atom. The molecular formula is C45H34GeN2O+2. The molecule has 2 aliphatic heterocycles. The Hall–Kier alpha value is -5.26. The summed E-state index contributed by atoms with van der Waals surface area (Å²) in [6.45, 7) is -2.27. The Bertz CT molecular complexity index is 3030. The van der Waals surface area contributed by atoms with Gasteiger partial charge in [0.2, 0.25) is 0 Å². The van der Waals surface area contributed by atoms with Crippen LogP contribution in [0, 0.1) is 6.85 Å². The molecule has 0 N–H and O–H groups in total. The minimum atomic E-state index is -2.29. The fourth-order valence-electron chi connectivity index (χ4n) is 9.07. The van der Waals surface area contributed by atoms with Crippen molar-refractivity contribution in [2.45, 2.75) is 29.8 Å². The fraction of sp³-hybridized carbons (Fsp3) is 0.111. The molecule has 0 fully saturated rings. The number of hydrogen-bond acceptors (Lipinski definition) is 1. The number of aryl methyl sites for hydroxylation is 1. The molecule has 0 amide bonds. The van der Waals surface area contributed by atoms with E-state index in [1.807, 2.05) is 12.3 Å². The number of benzene rings is 6. The quantitative estimate of drug-likeness (QED) is 0.0953. The normalized spacial score (nSPS) is 17.4. The molecule has 232 valence electrons. The van der Waals surface area contributed by atoms with Gasteiger partial charge >= 0.3 is 244 Å². The molecule has 0 aliphatic carbocycles. The van der Waals surface area contributed by atoms with Crippen molar-refractivity contribution in [2.75, 3.05) is 0 Å². The van der Waals surface area contributed by atoms with Crippen LogP contribution in [0.2, 0.25) is 17.3 Å². The van der Waals surface area contributed by atoms with Gasteiger partial charge in [-0.2, -0.15) is 0 Å². The molecule has 1 spiro atoms. The fourth-order valence-corrected chi connectivity index (χ4v) is 11.4. The van der Waals surface area contributed by atoms with Crippen molar-refractivity contribution in [3.63, 3.8) is 0 Å². The Morgan fingerprint density at radius 1 is 0.612 bits per heavy atom. The summed E-state index contributed by atoms with van der Waals surface area (Å²) in [6, 6.07) is 43.1. The molecule has 49 heavy (non-hydrogen) atoms. The van der Waals surface area contributed by atoms with E-state index in [0.29, 0.717) is 5.56 Å². The molecule has 2 aliphatic rings. The van der Waals surface area contributed by atoms with E-state index in [2.05, 4.69) is 142 Å². The second kappa shape index (κ2) is 9.25. The van der Waals surface area contributed by atoms with Crippen molar-refractivity contribution >= 4 is 71.9 Å². The average Bonchev–Trinajstić information content (AvgIpc) is 3.77. The van der Waals surface area contributed by atoms with Gasteiger partial charge in [0, 0.05) is 0 Å². The molecule has 11 rings (SSSR count). The molecule has 9 aromatic rings. The van der Waals surface area contributed by atoms with Crippen molar-refractivity contribution < 1.29 is 17.7 Å². The van der Waals surface area contributed by atoms with Gasteiger partial charge in [0.15, 0.2) is 0 Å². The maximum atomic E-state index is 8.44. The molecule has 0 bridgehead atoms. The van der Waals surface area contributed by atoms with Crippen molar-refractivity contribution in [3.8, 4) is 22.5 Å². The summed E-state index contributed by atoms with van der Waals surface area (Å²) in [4.78, 5) is 0. The van der Waals surface area contributed by atoms with Crippen molar-refractivity contribution in [2.24, 2.45) is 0 Å². The van der Waals surface area contributed by atoms with Crippen LogP contribution in [0.4, 0.5) is 0 Å². The van der Waals surface area contributed by atoms with Gasteiger partial charge in [-0.1, -0.05) is 42.5 Å². The van der Waals surface area contributed by atoms with Crippen molar-refractivity contribution in [3.05, 3.63) is 150 Å². The van der Waals surface area contributed by atoms with Gasteiger partial charge in [0.25, 0.3) is 0 Å². The maximum absolute atomic E-state index is 8.44. The monoisotopic (exact) mass is 695 g/mol. The zero-order chi connectivity index (χ0) is 35.3. The topological polar surface area (TPSA) is 20.9 Å². The Labute approximate surface area is 291 Å². The van der Waals surface area contributed by atoms with Crippen LogP contribution in [0.15, 0.2) is 138 Å². The van der Waals surface area contributed by atoms with Gasteiger partial charge in [-0.3, -0.25) is 0 Å². The summed E-state index contributed by atoms with van der Waals surface area (Å²) in [5.74, 6) is 7.29. The zero-order valence-corrected chi connectivity index (χ0v) is 29.6. The molecule has 6 aromatic carbocycles. The van der Waals surface area contributed by atoms with E-state index in [1.165, 1.54) is 47.8 Å². The van der Waals surface area contributed by atoms with E-state index < -0.39 is 25.8 Å². The third kappa shape index (κ3) is 3.34. The number of nitrogens with zero attached hydrogens (tertiary/aromatic N) is 2. The number of aromatic nitrogens is 2. The number of fused-ring (bicyclic) bond motifs is 21. The molecule has 1 unspecified atom stereocenters. The van der Waals surface area contributed by atoms with Gasteiger partial charge in [-0.25, -0.2) is 0 Å². The van der Waals surface area contributed by atoms with Crippen LogP contribution >= 0.6 is 0 Å². The Balaban J connectivity index is 1.33. The first kappa shape index (κ1) is 24.8. The predicted molar refractivity (Wildman–Crippen MR) is 203 cm³/mol. The van der Waals surface area contributed by atoms with Crippen LogP contribution in [0.1, 0.15) is 20.8 Å². The summed E-state index contributed by atoms with van der Waals surface area (Å²) in [5.41, 5.74) is 7.48. The first-order valence-corrected chi connectivity index (χ1v) is 24.4. The average molecular weight is 694 g/mol. The molecule has 0 radical (unpaired) electrons. The van der Waals surface area contributed by atoms with Gasteiger partial charge < -0.3 is 0 Å². The summed E-state index contributed by atoms with van der Waals surface area (Å²) in [7, 11) is 0. The number of pyridine rings is 2. The third-order valence-corrected chi connectivity index (χ3v) is 15.4. The molecule has 1 atom stereocenters. The van der Waals surface area contributed by atoms with Gasteiger partial charge in [-0.05, 0) is 5.39 Å². The SMILES string of the molecule is [2H]C([2H])([2H])c1cc[n+]2c(c1)-c1c(ccc3c1oc1ccc4c5ccccc5c5ccccc5c4c13)C21c2ccccc2-c2cc[c]([Ge]([CH3])([CH3])[CH3])c[n+]21. The second-order valence-corrected chi connectivity index (χ2v) is 25.4. The second-order valence-electron chi connectivity index (χ2n) is 14.7. The Kier molecular flexibility index (Phi) is 4.68. The van der Waals surface area contributed by atoms with Crippen LogP contribution < -0.4 is 13.5 Å². The molecular weight excluding hydrogens is 657 g/mol. The molecule has 0 saturated carbocycles. The van der Waals surface area contributed by atoms with E-state index in [9.17, 15) is 0 Å². The Morgan fingerprint density at radius 3 is 2.08 bits per heavy atom. The first-order valence-electron chi connectivity index (χ1n) is 18.5. The molecule has 4 heteroatoms. The first-order chi connectivity index (χ1) is 25.1. The standard InChI is InChI=1S/C45H34GeN2O/c1-27-23-24-47-39(25-27)43-37(45(47)36-16-10-9-15-34(36)38-21-17-28(26-48(38)45)46(2,3)4)20-18-35-42-40(49-44(35)43)22-19-33-31-13-6-5-11-29(31)30-12-7-8-14-32(30)41(33)42/h5-26H,1-4H3/q+2/i1D3. The van der Waals surface area contributed by atoms with E-state index in [4.69, 9.17) is 8.53 Å². The molecule has 3 aromatic heterocycles. The van der Waals surface area contributed by atoms with Gasteiger partial charge in [0.1, 0.15) is 0 Å². The number of rotatable bonds is 1. The zero-order valence-electron chi connectivity index (χ0n) is 30.5. The number of furan rings is 1. The van der Waals surface area contributed by atoms with Crippen LogP contribution in [-0.2, 0) is 5.66 Å². The van der Waals surface area contributed by atoms with E-state index in [-0.39, 0.29) is 0 Å². The van der Waals surface area contributed by atoms with Crippen LogP contribution in [0.25, 0.3) is 76.8 Å². The van der Waals surface area contributed by atoms with Gasteiger partial charge in [-0.15, -0.1) is 0 Å². The summed E-state index contributed by atoms with van der Waals surface area (Å²) in [5, 5.41) is 9.33. The summed E-state index contributed by atoms with van der Waals surface area (Å²) in [6.07, 6.45) is 4.37. The van der Waals surface area contributed by atoms with E-state index >= 15 is 0 Å². The van der Waals surface area contributed by atoms with Gasteiger partial charge in [0.05, 0.1) is 0 Å². The van der Waals surface area contributed by atoms with E-state index in [0.717, 1.165) is 44.5 Å². The van der Waals surface area contributed by atoms with E-state index in [1.54, 1.807) is 6.07 Å². The molecule has 5 heterocycles. The molecule has 0 saturated heterocycles. The number of hydrogen-bond donors (Lipinski definition) is 0. The van der Waals surface area contributed by atoms with Crippen molar-refractivity contribution in [1.29, 1.82) is 0 Å². The summed E-state index contributed by atoms with van der Waals surface area (Å²) < 4.78 is 38.5. The predicted octanol–water partition coefficient (Wildman–Crippen LogP) is 9.73. The van der Waals surface area contributed by atoms with Crippen LogP contribution in [0.3, 0.4) is 0 Å². The third-order valence-electron chi connectivity index (χ3n) is 11.2. The van der Waals surface area contributed by atoms with Crippen LogP contribution in [0.5, 0.6) is 0 Å². The summed E-state index contributed by atoms with van der Waals surface area (Å²) >= 11 is -2.29. The minimum absolute atomic E-state index is 0.313. The van der Waals surface area contributed by atoms with Crippen LogP contribution in [-0.4, -0.2) is 13.3 Å². The molecule has 3 nitrogen and oxygen atoms in total. The van der Waals surface area contributed by atoms with Crippen molar-refractivity contribution in [1.82, 2.24) is 0 Å².